The van der Waals surface area contributed by atoms with E-state index in [1.54, 1.807) is 0 Å². The quantitative estimate of drug-likeness (QED) is 0.901. The molecule has 0 aromatic heterocycles. The van der Waals surface area contributed by atoms with Gasteiger partial charge in [0.2, 0.25) is 0 Å². The van der Waals surface area contributed by atoms with Crippen molar-refractivity contribution >= 4 is 11.8 Å². The number of likely N-dealkylation sites (tertiary alicyclic amines) is 1. The van der Waals surface area contributed by atoms with E-state index in [1.165, 1.54) is 5.56 Å². The third-order valence-electron chi connectivity index (χ3n) is 3.88. The van der Waals surface area contributed by atoms with Gasteiger partial charge in [-0.2, -0.15) is 0 Å². The van der Waals surface area contributed by atoms with Crippen LogP contribution in [0.5, 0.6) is 0 Å². The molecule has 1 aliphatic rings. The molecule has 0 saturated carbocycles. The van der Waals surface area contributed by atoms with Gasteiger partial charge in [0.25, 0.3) is 0 Å². The highest BCUT2D eigenvalue weighted by molar-refractivity contribution is 5.84. The highest BCUT2D eigenvalue weighted by Crippen LogP contribution is 2.34. The van der Waals surface area contributed by atoms with Gasteiger partial charge in [-0.05, 0) is 64.4 Å². The van der Waals surface area contributed by atoms with Crippen molar-refractivity contribution in [2.45, 2.75) is 38.8 Å². The zero-order valence-corrected chi connectivity index (χ0v) is 13.9. The first-order chi connectivity index (χ1) is 10.3. The molecule has 5 heteroatoms. The number of amides is 1. The van der Waals surface area contributed by atoms with E-state index in [0.29, 0.717) is 12.0 Å². The number of anilines is 1. The first-order valence-electron chi connectivity index (χ1n) is 7.79. The zero-order valence-electron chi connectivity index (χ0n) is 13.9. The van der Waals surface area contributed by atoms with Crippen LogP contribution in [0.1, 0.15) is 38.8 Å². The van der Waals surface area contributed by atoms with E-state index in [-0.39, 0.29) is 0 Å². The molecule has 1 aliphatic heterocycles. The molecule has 122 valence electrons. The summed E-state index contributed by atoms with van der Waals surface area (Å²) in [5, 5.41) is 2.80. The zero-order chi connectivity index (χ0) is 16.3. The molecular weight excluding hydrogens is 278 g/mol. The SMILES string of the molecule is CN1CC(CN)CC1c1cccc(NC(=O)OC(C)(C)C)c1. The number of benzene rings is 1. The van der Waals surface area contributed by atoms with Gasteiger partial charge in [0.1, 0.15) is 5.60 Å². The molecule has 1 aromatic rings. The molecule has 3 N–H and O–H groups in total. The lowest BCUT2D eigenvalue weighted by molar-refractivity contribution is 0.0636. The fourth-order valence-electron chi connectivity index (χ4n) is 2.91. The van der Waals surface area contributed by atoms with E-state index in [0.717, 1.165) is 25.2 Å². The van der Waals surface area contributed by atoms with E-state index in [9.17, 15) is 4.79 Å². The number of rotatable bonds is 3. The lowest BCUT2D eigenvalue weighted by Crippen LogP contribution is -2.27. The van der Waals surface area contributed by atoms with Crippen molar-refractivity contribution in [3.63, 3.8) is 0 Å². The van der Waals surface area contributed by atoms with Gasteiger partial charge in [-0.25, -0.2) is 4.79 Å². The Morgan fingerprint density at radius 1 is 1.45 bits per heavy atom. The summed E-state index contributed by atoms with van der Waals surface area (Å²) in [5.41, 5.74) is 7.25. The Kier molecular flexibility index (Phi) is 5.08. The molecule has 1 saturated heterocycles. The maximum absolute atomic E-state index is 11.9. The van der Waals surface area contributed by atoms with E-state index in [1.807, 2.05) is 39.0 Å². The van der Waals surface area contributed by atoms with E-state index in [4.69, 9.17) is 10.5 Å². The third-order valence-corrected chi connectivity index (χ3v) is 3.88. The second-order valence-electron chi connectivity index (χ2n) is 7.05. The normalized spacial score (nSPS) is 22.6. The van der Waals surface area contributed by atoms with Gasteiger partial charge in [0.05, 0.1) is 0 Å². The van der Waals surface area contributed by atoms with Crippen LogP contribution >= 0.6 is 0 Å². The van der Waals surface area contributed by atoms with Crippen LogP contribution < -0.4 is 11.1 Å². The number of nitrogens with one attached hydrogen (secondary N) is 1. The van der Waals surface area contributed by atoms with Crippen molar-refractivity contribution < 1.29 is 9.53 Å². The van der Waals surface area contributed by atoms with E-state index < -0.39 is 11.7 Å². The summed E-state index contributed by atoms with van der Waals surface area (Å²) >= 11 is 0. The van der Waals surface area contributed by atoms with Crippen molar-refractivity contribution in [1.82, 2.24) is 4.90 Å². The van der Waals surface area contributed by atoms with Crippen LogP contribution in [0.15, 0.2) is 24.3 Å². The maximum Gasteiger partial charge on any atom is 0.412 e. The van der Waals surface area contributed by atoms with Crippen LogP contribution in [0.2, 0.25) is 0 Å². The number of carbonyl (C=O) groups is 1. The summed E-state index contributed by atoms with van der Waals surface area (Å²) in [7, 11) is 2.12. The number of hydrogen-bond acceptors (Lipinski definition) is 4. The monoisotopic (exact) mass is 305 g/mol. The fraction of sp³-hybridized carbons (Fsp3) is 0.588. The standard InChI is InChI=1S/C17H27N3O2/c1-17(2,3)22-16(21)19-14-7-5-6-13(9-14)15-8-12(10-18)11-20(15)4/h5-7,9,12,15H,8,10-11,18H2,1-4H3,(H,19,21). The van der Waals surface area contributed by atoms with Crippen molar-refractivity contribution in [3.8, 4) is 0 Å². The van der Waals surface area contributed by atoms with Crippen LogP contribution in [0.3, 0.4) is 0 Å². The fourth-order valence-corrected chi connectivity index (χ4v) is 2.91. The largest absolute Gasteiger partial charge is 0.444 e. The molecule has 2 unspecified atom stereocenters. The molecule has 0 radical (unpaired) electrons. The Bertz CT molecular complexity index is 525. The Morgan fingerprint density at radius 3 is 2.77 bits per heavy atom. The first kappa shape index (κ1) is 16.8. The molecule has 2 atom stereocenters. The minimum atomic E-state index is -0.498. The second-order valence-corrected chi connectivity index (χ2v) is 7.05. The summed E-state index contributed by atoms with van der Waals surface area (Å²) in [6.07, 6.45) is 0.632. The van der Waals surface area contributed by atoms with Crippen LogP contribution in [0.4, 0.5) is 10.5 Å². The van der Waals surface area contributed by atoms with E-state index >= 15 is 0 Å². The lowest BCUT2D eigenvalue weighted by Gasteiger charge is -2.21. The molecule has 0 bridgehead atoms. The molecule has 2 rings (SSSR count). The van der Waals surface area contributed by atoms with Gasteiger partial charge >= 0.3 is 6.09 Å². The maximum atomic E-state index is 11.9. The van der Waals surface area contributed by atoms with Crippen molar-refractivity contribution in [2.75, 3.05) is 25.5 Å². The van der Waals surface area contributed by atoms with Crippen molar-refractivity contribution in [2.24, 2.45) is 11.7 Å². The number of nitrogens with zero attached hydrogens (tertiary/aromatic N) is 1. The summed E-state index contributed by atoms with van der Waals surface area (Å²) in [6, 6.07) is 8.31. The Morgan fingerprint density at radius 2 is 2.18 bits per heavy atom. The topological polar surface area (TPSA) is 67.6 Å². The third kappa shape index (κ3) is 4.45. The lowest BCUT2D eigenvalue weighted by atomic mass is 9.99. The summed E-state index contributed by atoms with van der Waals surface area (Å²) < 4.78 is 5.29. The minimum Gasteiger partial charge on any atom is -0.444 e. The molecule has 0 spiro atoms. The molecule has 5 nitrogen and oxygen atoms in total. The molecule has 22 heavy (non-hydrogen) atoms. The molecule has 0 aliphatic carbocycles. The Hall–Kier alpha value is -1.59. The summed E-state index contributed by atoms with van der Waals surface area (Å²) in [5.74, 6) is 0.539. The first-order valence-corrected chi connectivity index (χ1v) is 7.79. The predicted molar refractivity (Wildman–Crippen MR) is 88.8 cm³/mol. The van der Waals surface area contributed by atoms with Crippen molar-refractivity contribution in [1.29, 1.82) is 0 Å². The smallest absolute Gasteiger partial charge is 0.412 e. The Balaban J connectivity index is 2.06. The van der Waals surface area contributed by atoms with Crippen LogP contribution in [-0.2, 0) is 4.74 Å². The molecule has 1 amide bonds. The summed E-state index contributed by atoms with van der Waals surface area (Å²) in [4.78, 5) is 14.2. The molecular formula is C17H27N3O2. The minimum absolute atomic E-state index is 0.355. The van der Waals surface area contributed by atoms with Gasteiger partial charge in [-0.1, -0.05) is 12.1 Å². The molecule has 1 fully saturated rings. The predicted octanol–water partition coefficient (Wildman–Crippen LogP) is 2.99. The average molecular weight is 305 g/mol. The number of hydrogen-bond donors (Lipinski definition) is 2. The number of nitrogens with two attached hydrogens (primary N) is 1. The highest BCUT2D eigenvalue weighted by atomic mass is 16.6. The van der Waals surface area contributed by atoms with Gasteiger partial charge in [-0.15, -0.1) is 0 Å². The van der Waals surface area contributed by atoms with Gasteiger partial charge in [-0.3, -0.25) is 10.2 Å². The average Bonchev–Trinajstić information content (AvgIpc) is 2.78. The highest BCUT2D eigenvalue weighted by Gasteiger charge is 2.29. The summed E-state index contributed by atoms with van der Waals surface area (Å²) in [6.45, 7) is 7.29. The molecule has 1 heterocycles. The van der Waals surface area contributed by atoms with E-state index in [2.05, 4.69) is 23.3 Å². The second kappa shape index (κ2) is 6.67. The number of ether oxygens (including phenoxy) is 1. The van der Waals surface area contributed by atoms with Gasteiger partial charge in [0, 0.05) is 18.3 Å². The van der Waals surface area contributed by atoms with Crippen molar-refractivity contribution in [3.05, 3.63) is 29.8 Å². The van der Waals surface area contributed by atoms with Gasteiger partial charge < -0.3 is 10.5 Å². The van der Waals surface area contributed by atoms with Crippen LogP contribution in [0, 0.1) is 5.92 Å². The Labute approximate surface area is 132 Å². The van der Waals surface area contributed by atoms with Gasteiger partial charge in [0.15, 0.2) is 0 Å². The molecule has 1 aromatic carbocycles. The van der Waals surface area contributed by atoms with Crippen LogP contribution in [-0.4, -0.2) is 36.7 Å². The van der Waals surface area contributed by atoms with Crippen LogP contribution in [0.25, 0.3) is 0 Å². The number of carbonyl (C=O) groups excluding carboxylic acids is 1.